The molecular weight excluding hydrogens is 222 g/mol. The fourth-order valence-electron chi connectivity index (χ4n) is 2.42. The number of nitrogens with zero attached hydrogens (tertiary/aromatic N) is 2. The average Bonchev–Trinajstić information content (AvgIpc) is 2.38. The molecule has 0 spiro atoms. The molecule has 0 atom stereocenters. The monoisotopic (exact) mass is 247 g/mol. The summed E-state index contributed by atoms with van der Waals surface area (Å²) in [5, 5.41) is 3.54. The average molecular weight is 247 g/mol. The van der Waals surface area contributed by atoms with Gasteiger partial charge in [-0.2, -0.15) is 0 Å². The molecule has 1 aromatic heterocycles. The summed E-state index contributed by atoms with van der Waals surface area (Å²) in [5.41, 5.74) is 1.23. The van der Waals surface area contributed by atoms with Crippen molar-refractivity contribution in [1.29, 1.82) is 0 Å². The van der Waals surface area contributed by atoms with Gasteiger partial charge in [0.25, 0.3) is 0 Å². The number of aromatic nitrogens is 1. The van der Waals surface area contributed by atoms with Crippen molar-refractivity contribution in [3.63, 3.8) is 0 Å². The highest BCUT2D eigenvalue weighted by atomic mass is 15.2. The Labute approximate surface area is 111 Å². The maximum atomic E-state index is 4.51. The second kappa shape index (κ2) is 6.19. The first kappa shape index (κ1) is 13.3. The summed E-state index contributed by atoms with van der Waals surface area (Å²) in [4.78, 5) is 6.92. The van der Waals surface area contributed by atoms with Crippen LogP contribution in [0.25, 0.3) is 0 Å². The van der Waals surface area contributed by atoms with Crippen LogP contribution in [0.5, 0.6) is 0 Å². The van der Waals surface area contributed by atoms with E-state index in [-0.39, 0.29) is 0 Å². The Morgan fingerprint density at radius 3 is 2.61 bits per heavy atom. The van der Waals surface area contributed by atoms with Crippen LogP contribution in [0.1, 0.15) is 32.3 Å². The smallest absolute Gasteiger partial charge is 0.128 e. The van der Waals surface area contributed by atoms with Crippen LogP contribution in [-0.4, -0.2) is 30.7 Å². The molecule has 1 N–H and O–H groups in total. The molecule has 100 valence electrons. The Kier molecular flexibility index (Phi) is 4.59. The Morgan fingerprint density at radius 2 is 2.06 bits per heavy atom. The lowest BCUT2D eigenvalue weighted by Crippen LogP contribution is -2.39. The summed E-state index contributed by atoms with van der Waals surface area (Å²) >= 11 is 0. The number of hydrogen-bond acceptors (Lipinski definition) is 3. The van der Waals surface area contributed by atoms with Crippen LogP contribution in [0.2, 0.25) is 0 Å². The molecule has 18 heavy (non-hydrogen) atoms. The predicted molar refractivity (Wildman–Crippen MR) is 77.0 cm³/mol. The van der Waals surface area contributed by atoms with Gasteiger partial charge >= 0.3 is 0 Å². The van der Waals surface area contributed by atoms with Gasteiger partial charge in [0.05, 0.1) is 0 Å². The Hall–Kier alpha value is -1.09. The second-order valence-corrected chi connectivity index (χ2v) is 5.69. The number of pyridine rings is 1. The molecule has 0 saturated carbocycles. The summed E-state index contributed by atoms with van der Waals surface area (Å²) in [7, 11) is 0. The van der Waals surface area contributed by atoms with Crippen LogP contribution in [-0.2, 0) is 0 Å². The van der Waals surface area contributed by atoms with Crippen LogP contribution in [0.15, 0.2) is 18.3 Å². The van der Waals surface area contributed by atoms with E-state index in [1.165, 1.54) is 18.4 Å². The molecule has 1 aromatic rings. The van der Waals surface area contributed by atoms with E-state index < -0.39 is 0 Å². The van der Waals surface area contributed by atoms with Crippen LogP contribution in [0.3, 0.4) is 0 Å². The number of piperidine rings is 1. The maximum absolute atomic E-state index is 4.51. The van der Waals surface area contributed by atoms with Gasteiger partial charge in [-0.25, -0.2) is 4.98 Å². The summed E-state index contributed by atoms with van der Waals surface area (Å²) in [5.74, 6) is 1.96. The van der Waals surface area contributed by atoms with Crippen molar-refractivity contribution < 1.29 is 0 Å². The number of aryl methyl sites for hydroxylation is 1. The van der Waals surface area contributed by atoms with Crippen LogP contribution in [0.4, 0.5) is 5.82 Å². The predicted octanol–water partition coefficient (Wildman–Crippen LogP) is 2.60. The summed E-state index contributed by atoms with van der Waals surface area (Å²) in [6.45, 7) is 9.95. The fraction of sp³-hybridized carbons (Fsp3) is 0.667. The number of nitrogens with one attached hydrogen (secondary N) is 1. The van der Waals surface area contributed by atoms with Crippen molar-refractivity contribution >= 4 is 5.82 Å². The Balaban J connectivity index is 1.81. The first-order valence-corrected chi connectivity index (χ1v) is 7.06. The molecule has 1 aliphatic rings. The van der Waals surface area contributed by atoms with Crippen molar-refractivity contribution in [2.45, 2.75) is 39.7 Å². The third-order valence-corrected chi connectivity index (χ3v) is 3.65. The lowest BCUT2D eigenvalue weighted by molar-refractivity contribution is 0.370. The summed E-state index contributed by atoms with van der Waals surface area (Å²) in [6.07, 6.45) is 4.51. The summed E-state index contributed by atoms with van der Waals surface area (Å²) < 4.78 is 0. The van der Waals surface area contributed by atoms with Crippen molar-refractivity contribution in [1.82, 2.24) is 10.3 Å². The number of hydrogen-bond donors (Lipinski definition) is 1. The van der Waals surface area contributed by atoms with Crippen molar-refractivity contribution in [3.05, 3.63) is 23.9 Å². The topological polar surface area (TPSA) is 28.2 Å². The molecular formula is C15H25N3. The molecule has 0 aromatic carbocycles. The molecule has 0 aliphatic carbocycles. The molecule has 1 fully saturated rings. The quantitative estimate of drug-likeness (QED) is 0.886. The van der Waals surface area contributed by atoms with E-state index in [4.69, 9.17) is 0 Å². The zero-order valence-electron chi connectivity index (χ0n) is 11.8. The maximum Gasteiger partial charge on any atom is 0.128 e. The Bertz CT molecular complexity index is 351. The first-order chi connectivity index (χ1) is 8.65. The SMILES string of the molecule is Cc1ccc(N2CCC(CNC(C)C)CC2)nc1. The molecule has 0 bridgehead atoms. The largest absolute Gasteiger partial charge is 0.357 e. The van der Waals surface area contributed by atoms with Gasteiger partial charge in [0.15, 0.2) is 0 Å². The van der Waals surface area contributed by atoms with Crippen molar-refractivity contribution in [2.24, 2.45) is 5.92 Å². The molecule has 3 nitrogen and oxygen atoms in total. The van der Waals surface area contributed by atoms with Gasteiger partial charge in [-0.1, -0.05) is 19.9 Å². The lowest BCUT2D eigenvalue weighted by Gasteiger charge is -2.33. The van der Waals surface area contributed by atoms with Crippen molar-refractivity contribution in [2.75, 3.05) is 24.5 Å². The van der Waals surface area contributed by atoms with Crippen LogP contribution >= 0.6 is 0 Å². The molecule has 0 amide bonds. The zero-order chi connectivity index (χ0) is 13.0. The fourth-order valence-corrected chi connectivity index (χ4v) is 2.42. The molecule has 0 radical (unpaired) electrons. The van der Waals surface area contributed by atoms with Crippen LogP contribution in [0, 0.1) is 12.8 Å². The van der Waals surface area contributed by atoms with E-state index in [0.29, 0.717) is 6.04 Å². The van der Waals surface area contributed by atoms with Gasteiger partial charge in [-0.3, -0.25) is 0 Å². The molecule has 2 rings (SSSR count). The third-order valence-electron chi connectivity index (χ3n) is 3.65. The minimum absolute atomic E-state index is 0.599. The molecule has 2 heterocycles. The van der Waals surface area contributed by atoms with Gasteiger partial charge in [0, 0.05) is 25.3 Å². The minimum Gasteiger partial charge on any atom is -0.357 e. The van der Waals surface area contributed by atoms with Gasteiger partial charge in [-0.15, -0.1) is 0 Å². The molecule has 3 heteroatoms. The minimum atomic E-state index is 0.599. The number of anilines is 1. The standard InChI is InChI=1S/C15H25N3/c1-12(2)16-11-14-6-8-18(9-7-14)15-5-4-13(3)10-17-15/h4-5,10,12,14,16H,6-9,11H2,1-3H3. The third kappa shape index (κ3) is 3.70. The van der Waals surface area contributed by atoms with Gasteiger partial charge in [-0.05, 0) is 43.9 Å². The van der Waals surface area contributed by atoms with E-state index in [0.717, 1.165) is 31.4 Å². The van der Waals surface area contributed by atoms with E-state index in [9.17, 15) is 0 Å². The molecule has 1 saturated heterocycles. The zero-order valence-corrected chi connectivity index (χ0v) is 11.8. The lowest BCUT2D eigenvalue weighted by atomic mass is 9.96. The second-order valence-electron chi connectivity index (χ2n) is 5.69. The van der Waals surface area contributed by atoms with Gasteiger partial charge in [0.2, 0.25) is 0 Å². The van der Waals surface area contributed by atoms with Crippen LogP contribution < -0.4 is 10.2 Å². The molecule has 0 unspecified atom stereocenters. The van der Waals surface area contributed by atoms with E-state index in [2.05, 4.69) is 48.1 Å². The van der Waals surface area contributed by atoms with Gasteiger partial charge in [0.1, 0.15) is 5.82 Å². The van der Waals surface area contributed by atoms with Crippen molar-refractivity contribution in [3.8, 4) is 0 Å². The van der Waals surface area contributed by atoms with E-state index in [1.807, 2.05) is 6.20 Å². The normalized spacial score (nSPS) is 17.4. The first-order valence-electron chi connectivity index (χ1n) is 7.06. The summed E-state index contributed by atoms with van der Waals surface area (Å²) in [6, 6.07) is 4.89. The number of rotatable bonds is 4. The highest BCUT2D eigenvalue weighted by Gasteiger charge is 2.19. The highest BCUT2D eigenvalue weighted by molar-refractivity contribution is 5.39. The van der Waals surface area contributed by atoms with E-state index in [1.54, 1.807) is 0 Å². The van der Waals surface area contributed by atoms with Gasteiger partial charge < -0.3 is 10.2 Å². The highest BCUT2D eigenvalue weighted by Crippen LogP contribution is 2.21. The Morgan fingerprint density at radius 1 is 1.33 bits per heavy atom. The van der Waals surface area contributed by atoms with E-state index >= 15 is 0 Å². The molecule has 1 aliphatic heterocycles.